The fourth-order valence-electron chi connectivity index (χ4n) is 3.44. The fraction of sp³-hybridized carbons (Fsp3) is 0.304. The minimum absolute atomic E-state index is 0.354. The molecule has 1 fully saturated rings. The first-order valence-electron chi connectivity index (χ1n) is 10.7. The van der Waals surface area contributed by atoms with Gasteiger partial charge in [0.2, 0.25) is 11.8 Å². The van der Waals surface area contributed by atoms with Crippen molar-refractivity contribution in [3.8, 4) is 11.6 Å². The molecule has 166 valence electrons. The van der Waals surface area contributed by atoms with Crippen LogP contribution in [-0.4, -0.2) is 58.5 Å². The highest BCUT2D eigenvalue weighted by Crippen LogP contribution is 2.24. The number of guanidine groups is 1. The Hall–Kier alpha value is -3.75. The average Bonchev–Trinajstić information content (AvgIpc) is 2.83. The molecule has 0 bridgehead atoms. The largest absolute Gasteiger partial charge is 0.439 e. The Morgan fingerprint density at radius 3 is 2.56 bits per heavy atom. The van der Waals surface area contributed by atoms with E-state index >= 15 is 0 Å². The number of rotatable bonds is 6. The van der Waals surface area contributed by atoms with Gasteiger partial charge in [-0.15, -0.1) is 0 Å². The van der Waals surface area contributed by atoms with Crippen molar-refractivity contribution < 1.29 is 9.13 Å². The van der Waals surface area contributed by atoms with Crippen LogP contribution in [0, 0.1) is 5.82 Å². The number of nitrogens with zero attached hydrogens (tertiary/aromatic N) is 6. The van der Waals surface area contributed by atoms with Gasteiger partial charge in [0, 0.05) is 62.9 Å². The van der Waals surface area contributed by atoms with E-state index in [0.717, 1.165) is 50.2 Å². The molecule has 2 aromatic heterocycles. The Morgan fingerprint density at radius 1 is 1.03 bits per heavy atom. The molecule has 0 amide bonds. The molecule has 8 nitrogen and oxygen atoms in total. The normalized spacial score (nSPS) is 14.4. The Bertz CT molecular complexity index is 1040. The van der Waals surface area contributed by atoms with Crippen molar-refractivity contribution in [1.29, 1.82) is 0 Å². The minimum Gasteiger partial charge on any atom is -0.439 e. The molecule has 3 heterocycles. The van der Waals surface area contributed by atoms with Crippen molar-refractivity contribution in [1.82, 2.24) is 25.2 Å². The molecule has 0 saturated carbocycles. The van der Waals surface area contributed by atoms with Crippen LogP contribution < -0.4 is 15.0 Å². The first kappa shape index (κ1) is 21.5. The molecule has 1 saturated heterocycles. The van der Waals surface area contributed by atoms with Crippen molar-refractivity contribution >= 4 is 11.9 Å². The lowest BCUT2D eigenvalue weighted by molar-refractivity contribution is 0.370. The van der Waals surface area contributed by atoms with Gasteiger partial charge in [-0.2, -0.15) is 0 Å². The van der Waals surface area contributed by atoms with Crippen LogP contribution in [0.3, 0.4) is 0 Å². The number of aliphatic imine (C=N–C) groups is 1. The first-order valence-corrected chi connectivity index (χ1v) is 10.7. The van der Waals surface area contributed by atoms with Crippen molar-refractivity contribution in [2.45, 2.75) is 13.5 Å². The van der Waals surface area contributed by atoms with E-state index in [-0.39, 0.29) is 5.82 Å². The van der Waals surface area contributed by atoms with Crippen LogP contribution >= 0.6 is 0 Å². The van der Waals surface area contributed by atoms with E-state index < -0.39 is 0 Å². The summed E-state index contributed by atoms with van der Waals surface area (Å²) in [5, 5.41) is 3.37. The highest BCUT2D eigenvalue weighted by atomic mass is 19.1. The second-order valence-corrected chi connectivity index (χ2v) is 7.22. The van der Waals surface area contributed by atoms with Gasteiger partial charge in [0.05, 0.1) is 6.54 Å². The molecule has 9 heteroatoms. The second kappa shape index (κ2) is 10.5. The zero-order chi connectivity index (χ0) is 22.2. The molecule has 0 aliphatic carbocycles. The standard InChI is InChI=1S/C23H26FN7O/c1-2-25-22(30-12-14-31(15-13-30)23-27-10-5-11-28-23)29-17-18-6-4-9-26-21(18)32-20-8-3-7-19(24)16-20/h3-11,16H,2,12-15,17H2,1H3,(H,25,29). The van der Waals surface area contributed by atoms with Crippen LogP contribution in [0.25, 0.3) is 0 Å². The lowest BCUT2D eigenvalue weighted by Crippen LogP contribution is -2.52. The van der Waals surface area contributed by atoms with Crippen LogP contribution in [0.5, 0.6) is 11.6 Å². The van der Waals surface area contributed by atoms with Crippen LogP contribution in [0.15, 0.2) is 66.0 Å². The molecule has 0 atom stereocenters. The van der Waals surface area contributed by atoms with Crippen molar-refractivity contribution in [3.63, 3.8) is 0 Å². The highest BCUT2D eigenvalue weighted by Gasteiger charge is 2.21. The monoisotopic (exact) mass is 435 g/mol. The SMILES string of the molecule is CCNC(=NCc1cccnc1Oc1cccc(F)c1)N1CCN(c2ncccn2)CC1. The van der Waals surface area contributed by atoms with Gasteiger partial charge in [-0.3, -0.25) is 0 Å². The van der Waals surface area contributed by atoms with Crippen molar-refractivity contribution in [3.05, 3.63) is 72.4 Å². The van der Waals surface area contributed by atoms with Crippen LogP contribution in [-0.2, 0) is 6.54 Å². The summed E-state index contributed by atoms with van der Waals surface area (Å²) in [5.74, 6) is 2.06. The summed E-state index contributed by atoms with van der Waals surface area (Å²) in [6.45, 7) is 6.45. The smallest absolute Gasteiger partial charge is 0.225 e. The number of halogens is 1. The molecular weight excluding hydrogens is 409 g/mol. The zero-order valence-electron chi connectivity index (χ0n) is 18.0. The summed E-state index contributed by atoms with van der Waals surface area (Å²) in [6, 6.07) is 11.6. The molecule has 1 aliphatic heterocycles. The highest BCUT2D eigenvalue weighted by molar-refractivity contribution is 5.80. The maximum atomic E-state index is 13.5. The number of aromatic nitrogens is 3. The van der Waals surface area contributed by atoms with E-state index in [2.05, 4.69) is 30.1 Å². The van der Waals surface area contributed by atoms with Gasteiger partial charge in [0.15, 0.2) is 5.96 Å². The topological polar surface area (TPSA) is 78.8 Å². The van der Waals surface area contributed by atoms with Gasteiger partial charge in [0.25, 0.3) is 0 Å². The minimum atomic E-state index is -0.354. The summed E-state index contributed by atoms with van der Waals surface area (Å²) >= 11 is 0. The van der Waals surface area contributed by atoms with E-state index in [1.54, 1.807) is 30.7 Å². The van der Waals surface area contributed by atoms with Gasteiger partial charge in [-0.05, 0) is 31.2 Å². The van der Waals surface area contributed by atoms with Crippen LogP contribution in [0.4, 0.5) is 10.3 Å². The zero-order valence-corrected chi connectivity index (χ0v) is 18.0. The third kappa shape index (κ3) is 5.48. The average molecular weight is 436 g/mol. The van der Waals surface area contributed by atoms with E-state index in [1.165, 1.54) is 12.1 Å². The lowest BCUT2D eigenvalue weighted by Gasteiger charge is -2.36. The Labute approximate surface area is 186 Å². The summed E-state index contributed by atoms with van der Waals surface area (Å²) < 4.78 is 19.3. The Balaban J connectivity index is 1.44. The Kier molecular flexibility index (Phi) is 7.06. The number of pyridine rings is 1. The van der Waals surface area contributed by atoms with E-state index in [4.69, 9.17) is 9.73 Å². The molecule has 3 aromatic rings. The number of hydrogen-bond acceptors (Lipinski definition) is 6. The third-order valence-electron chi connectivity index (χ3n) is 5.01. The molecule has 4 rings (SSSR count). The van der Waals surface area contributed by atoms with Crippen LogP contribution in [0.1, 0.15) is 12.5 Å². The molecule has 32 heavy (non-hydrogen) atoms. The molecule has 1 N–H and O–H groups in total. The summed E-state index contributed by atoms with van der Waals surface area (Å²) in [7, 11) is 0. The van der Waals surface area contributed by atoms with E-state index in [1.807, 2.05) is 25.1 Å². The van der Waals surface area contributed by atoms with Gasteiger partial charge in [-0.1, -0.05) is 12.1 Å². The third-order valence-corrected chi connectivity index (χ3v) is 5.01. The number of nitrogens with one attached hydrogen (secondary N) is 1. The predicted octanol–water partition coefficient (Wildman–Crippen LogP) is 3.09. The molecule has 1 aliphatic rings. The maximum Gasteiger partial charge on any atom is 0.225 e. The van der Waals surface area contributed by atoms with E-state index in [9.17, 15) is 4.39 Å². The van der Waals surface area contributed by atoms with E-state index in [0.29, 0.717) is 18.2 Å². The van der Waals surface area contributed by atoms with Crippen molar-refractivity contribution in [2.75, 3.05) is 37.6 Å². The number of ether oxygens (including phenoxy) is 1. The maximum absolute atomic E-state index is 13.5. The first-order chi connectivity index (χ1) is 15.7. The summed E-state index contributed by atoms with van der Waals surface area (Å²) in [5.41, 5.74) is 0.823. The second-order valence-electron chi connectivity index (χ2n) is 7.22. The van der Waals surface area contributed by atoms with Gasteiger partial charge in [-0.25, -0.2) is 24.3 Å². The van der Waals surface area contributed by atoms with Gasteiger partial charge >= 0.3 is 0 Å². The molecule has 1 aromatic carbocycles. The Morgan fingerprint density at radius 2 is 1.81 bits per heavy atom. The summed E-state index contributed by atoms with van der Waals surface area (Å²) in [4.78, 5) is 22.2. The lowest BCUT2D eigenvalue weighted by atomic mass is 10.2. The number of piperazine rings is 1. The molecule has 0 unspecified atom stereocenters. The number of benzene rings is 1. The van der Waals surface area contributed by atoms with Crippen molar-refractivity contribution in [2.24, 2.45) is 4.99 Å². The quantitative estimate of drug-likeness (QED) is 0.471. The molecular formula is C23H26FN7O. The predicted molar refractivity (Wildman–Crippen MR) is 121 cm³/mol. The summed E-state index contributed by atoms with van der Waals surface area (Å²) in [6.07, 6.45) is 5.17. The molecule has 0 radical (unpaired) electrons. The molecule has 0 spiro atoms. The van der Waals surface area contributed by atoms with Crippen LogP contribution in [0.2, 0.25) is 0 Å². The number of anilines is 1. The van der Waals surface area contributed by atoms with Gasteiger partial charge < -0.3 is 19.9 Å². The van der Waals surface area contributed by atoms with Gasteiger partial charge in [0.1, 0.15) is 11.6 Å². The number of hydrogen-bond donors (Lipinski definition) is 1. The fourth-order valence-corrected chi connectivity index (χ4v) is 3.44.